The van der Waals surface area contributed by atoms with E-state index in [0.29, 0.717) is 36.8 Å². The molecular weight excluding hydrogens is 240 g/mol. The van der Waals surface area contributed by atoms with Crippen LogP contribution in [0.25, 0.3) is 0 Å². The number of aromatic nitrogens is 2. The van der Waals surface area contributed by atoms with Crippen LogP contribution in [0, 0.1) is 5.92 Å². The van der Waals surface area contributed by atoms with Gasteiger partial charge in [-0.15, -0.1) is 0 Å². The second-order valence-electron chi connectivity index (χ2n) is 5.39. The summed E-state index contributed by atoms with van der Waals surface area (Å²) in [6.07, 6.45) is 2.48. The van der Waals surface area contributed by atoms with Crippen LogP contribution in [0.3, 0.4) is 0 Å². The third kappa shape index (κ3) is 3.56. The number of nitrogen functional groups attached to an aromatic ring is 1. The van der Waals surface area contributed by atoms with E-state index in [1.54, 1.807) is 0 Å². The second-order valence-corrected chi connectivity index (χ2v) is 5.39. The number of anilines is 2. The summed E-state index contributed by atoms with van der Waals surface area (Å²) in [5.41, 5.74) is 5.88. The number of rotatable bonds is 4. The van der Waals surface area contributed by atoms with Crippen molar-refractivity contribution in [2.45, 2.75) is 46.3 Å². The summed E-state index contributed by atoms with van der Waals surface area (Å²) in [6.45, 7) is 8.60. The van der Waals surface area contributed by atoms with E-state index in [9.17, 15) is 0 Å². The summed E-state index contributed by atoms with van der Waals surface area (Å²) in [7, 11) is 0. The van der Waals surface area contributed by atoms with Crippen LogP contribution >= 0.6 is 0 Å². The monoisotopic (exact) mass is 264 g/mol. The fourth-order valence-corrected chi connectivity index (χ4v) is 2.52. The highest BCUT2D eigenvalue weighted by Crippen LogP contribution is 2.26. The Morgan fingerprint density at radius 1 is 1.37 bits per heavy atom. The predicted octanol–water partition coefficient (Wildman–Crippen LogP) is 2.22. The Bertz CT molecular complexity index is 424. The molecule has 2 N–H and O–H groups in total. The quantitative estimate of drug-likeness (QED) is 0.903. The Hall–Kier alpha value is -1.36. The van der Waals surface area contributed by atoms with Crippen LogP contribution < -0.4 is 10.6 Å². The molecule has 0 radical (unpaired) electrons. The fourth-order valence-electron chi connectivity index (χ4n) is 2.52. The molecular formula is C14H24N4O. The molecule has 5 nitrogen and oxygen atoms in total. The first kappa shape index (κ1) is 14.1. The maximum atomic E-state index is 5.88. The van der Waals surface area contributed by atoms with Crippen LogP contribution in [-0.4, -0.2) is 29.2 Å². The minimum atomic E-state index is 0.423. The average Bonchev–Trinajstić information content (AvgIpc) is 2.38. The molecule has 1 aliphatic heterocycles. The summed E-state index contributed by atoms with van der Waals surface area (Å²) < 4.78 is 5.37. The van der Waals surface area contributed by atoms with Gasteiger partial charge in [0.1, 0.15) is 18.2 Å². The molecule has 2 rings (SSSR count). The van der Waals surface area contributed by atoms with Gasteiger partial charge in [-0.25, -0.2) is 9.97 Å². The minimum Gasteiger partial charge on any atom is -0.384 e. The summed E-state index contributed by atoms with van der Waals surface area (Å²) in [4.78, 5) is 11.1. The highest BCUT2D eigenvalue weighted by molar-refractivity contribution is 5.48. The van der Waals surface area contributed by atoms with Crippen LogP contribution in [0.15, 0.2) is 6.07 Å². The summed E-state index contributed by atoms with van der Waals surface area (Å²) in [5, 5.41) is 0. The van der Waals surface area contributed by atoms with Gasteiger partial charge >= 0.3 is 0 Å². The molecule has 0 saturated carbocycles. The van der Waals surface area contributed by atoms with Gasteiger partial charge in [-0.2, -0.15) is 0 Å². The molecule has 1 saturated heterocycles. The molecule has 0 spiro atoms. The molecule has 106 valence electrons. The maximum absolute atomic E-state index is 5.88. The lowest BCUT2D eigenvalue weighted by Gasteiger charge is -2.37. The first-order valence-corrected chi connectivity index (χ1v) is 7.08. The molecule has 1 aliphatic rings. The molecule has 5 heteroatoms. The lowest BCUT2D eigenvalue weighted by atomic mass is 9.95. The fraction of sp³-hybridized carbons (Fsp3) is 0.714. The number of ether oxygens (including phenoxy) is 1. The maximum Gasteiger partial charge on any atom is 0.158 e. The second kappa shape index (κ2) is 6.19. The third-order valence-corrected chi connectivity index (χ3v) is 3.63. The Labute approximate surface area is 115 Å². The van der Waals surface area contributed by atoms with E-state index in [-0.39, 0.29) is 0 Å². The summed E-state index contributed by atoms with van der Waals surface area (Å²) in [6, 6.07) is 2.37. The SMILES string of the molecule is CCOCc1nc(N)cc(N2CC(C)CCC2C)n1. The van der Waals surface area contributed by atoms with Crippen molar-refractivity contribution in [2.75, 3.05) is 23.8 Å². The molecule has 1 aromatic rings. The van der Waals surface area contributed by atoms with Gasteiger partial charge in [0.15, 0.2) is 5.82 Å². The normalized spacial score (nSPS) is 23.6. The van der Waals surface area contributed by atoms with Crippen LogP contribution in [0.5, 0.6) is 0 Å². The number of nitrogens with zero attached hydrogens (tertiary/aromatic N) is 3. The van der Waals surface area contributed by atoms with Gasteiger partial charge in [0.2, 0.25) is 0 Å². The molecule has 0 aliphatic carbocycles. The third-order valence-electron chi connectivity index (χ3n) is 3.63. The predicted molar refractivity (Wildman–Crippen MR) is 77.0 cm³/mol. The van der Waals surface area contributed by atoms with Crippen LogP contribution in [-0.2, 0) is 11.3 Å². The summed E-state index contributed by atoms with van der Waals surface area (Å²) in [5.74, 6) is 2.82. The van der Waals surface area contributed by atoms with Crippen molar-refractivity contribution in [3.8, 4) is 0 Å². The van der Waals surface area contributed by atoms with Crippen molar-refractivity contribution in [2.24, 2.45) is 5.92 Å². The van der Waals surface area contributed by atoms with E-state index < -0.39 is 0 Å². The van der Waals surface area contributed by atoms with Crippen molar-refractivity contribution < 1.29 is 4.74 Å². The van der Waals surface area contributed by atoms with Crippen molar-refractivity contribution in [3.63, 3.8) is 0 Å². The molecule has 2 unspecified atom stereocenters. The van der Waals surface area contributed by atoms with Gasteiger partial charge in [0.05, 0.1) is 0 Å². The van der Waals surface area contributed by atoms with Crippen molar-refractivity contribution in [3.05, 3.63) is 11.9 Å². The van der Waals surface area contributed by atoms with Crippen molar-refractivity contribution in [1.82, 2.24) is 9.97 Å². The molecule has 1 aromatic heterocycles. The number of piperidine rings is 1. The van der Waals surface area contributed by atoms with Crippen molar-refractivity contribution in [1.29, 1.82) is 0 Å². The van der Waals surface area contributed by atoms with Gasteiger partial charge in [-0.1, -0.05) is 6.92 Å². The Balaban J connectivity index is 2.20. The molecule has 2 heterocycles. The first-order valence-electron chi connectivity index (χ1n) is 7.08. The van der Waals surface area contributed by atoms with Gasteiger partial charge < -0.3 is 15.4 Å². The Morgan fingerprint density at radius 3 is 2.89 bits per heavy atom. The van der Waals surface area contributed by atoms with Crippen LogP contribution in [0.4, 0.5) is 11.6 Å². The van der Waals surface area contributed by atoms with Gasteiger partial charge in [0, 0.05) is 25.3 Å². The molecule has 0 bridgehead atoms. The van der Waals surface area contributed by atoms with Crippen LogP contribution in [0.1, 0.15) is 39.4 Å². The average molecular weight is 264 g/mol. The van der Waals surface area contributed by atoms with E-state index in [4.69, 9.17) is 10.5 Å². The largest absolute Gasteiger partial charge is 0.384 e. The van der Waals surface area contributed by atoms with Gasteiger partial charge in [-0.3, -0.25) is 0 Å². The van der Waals surface area contributed by atoms with Crippen LogP contribution in [0.2, 0.25) is 0 Å². The zero-order valence-corrected chi connectivity index (χ0v) is 12.1. The number of nitrogens with two attached hydrogens (primary N) is 1. The number of hydrogen-bond acceptors (Lipinski definition) is 5. The highest BCUT2D eigenvalue weighted by atomic mass is 16.5. The highest BCUT2D eigenvalue weighted by Gasteiger charge is 2.24. The molecule has 2 atom stereocenters. The lowest BCUT2D eigenvalue weighted by Crippen LogP contribution is -2.41. The minimum absolute atomic E-state index is 0.423. The Morgan fingerprint density at radius 2 is 2.16 bits per heavy atom. The number of hydrogen-bond donors (Lipinski definition) is 1. The van der Waals surface area contributed by atoms with E-state index in [0.717, 1.165) is 12.4 Å². The first-order chi connectivity index (χ1) is 9.10. The lowest BCUT2D eigenvalue weighted by molar-refractivity contribution is 0.128. The zero-order valence-electron chi connectivity index (χ0n) is 12.1. The van der Waals surface area contributed by atoms with Gasteiger partial charge in [0.25, 0.3) is 0 Å². The van der Waals surface area contributed by atoms with E-state index >= 15 is 0 Å². The molecule has 19 heavy (non-hydrogen) atoms. The van der Waals surface area contributed by atoms with E-state index in [2.05, 4.69) is 28.7 Å². The zero-order chi connectivity index (χ0) is 13.8. The molecule has 0 aromatic carbocycles. The van der Waals surface area contributed by atoms with Crippen molar-refractivity contribution >= 4 is 11.6 Å². The van der Waals surface area contributed by atoms with Gasteiger partial charge in [-0.05, 0) is 32.6 Å². The Kier molecular flexibility index (Phi) is 4.58. The van der Waals surface area contributed by atoms with E-state index in [1.165, 1.54) is 12.8 Å². The topological polar surface area (TPSA) is 64.3 Å². The smallest absolute Gasteiger partial charge is 0.158 e. The molecule has 1 fully saturated rings. The molecule has 0 amide bonds. The van der Waals surface area contributed by atoms with E-state index in [1.807, 2.05) is 13.0 Å². The summed E-state index contributed by atoms with van der Waals surface area (Å²) >= 11 is 0. The standard InChI is InChI=1S/C14H24N4O/c1-4-19-9-13-16-12(15)7-14(17-13)18-8-10(2)5-6-11(18)3/h7,10-11H,4-6,8-9H2,1-3H3,(H2,15,16,17).